The van der Waals surface area contributed by atoms with Crippen molar-refractivity contribution in [2.45, 2.75) is 19.4 Å². The predicted octanol–water partition coefficient (Wildman–Crippen LogP) is 6.15. The number of rotatable bonds is 9. The molecule has 0 saturated heterocycles. The molecule has 1 atom stereocenters. The van der Waals surface area contributed by atoms with E-state index in [0.29, 0.717) is 29.2 Å². The lowest BCUT2D eigenvalue weighted by Gasteiger charge is -2.27. The van der Waals surface area contributed by atoms with Gasteiger partial charge in [0, 0.05) is 23.8 Å². The lowest BCUT2D eigenvalue weighted by atomic mass is 9.83. The van der Waals surface area contributed by atoms with E-state index in [1.807, 2.05) is 6.92 Å². The zero-order valence-corrected chi connectivity index (χ0v) is 22.8. The van der Waals surface area contributed by atoms with Crippen molar-refractivity contribution in [3.8, 4) is 29.1 Å². The summed E-state index contributed by atoms with van der Waals surface area (Å²) in [6.45, 7) is 2.37. The topological polar surface area (TPSA) is 147 Å². The minimum Gasteiger partial charge on any atom is -0.490 e. The molecular formula is C32H24FN3O7. The first-order chi connectivity index (χ1) is 20.8. The van der Waals surface area contributed by atoms with Crippen LogP contribution in [0.5, 0.6) is 23.0 Å². The molecule has 2 N–H and O–H groups in total. The standard InChI is InChI=1S/C32H24FN3O7/c1-2-40-29-15-20(8-13-27(29)41-18-19-6-9-22(33)10-7-19)30-25-12-11-24(16-28(25)43-31(35)26(30)17-34)42-32(37)21-4-3-5-23(14-21)36(38)39/h3-16,30H,2,18,35H2,1H3. The number of esters is 1. The quantitative estimate of drug-likeness (QED) is 0.106. The number of hydrogen-bond donors (Lipinski definition) is 1. The molecule has 0 spiro atoms. The Balaban J connectivity index is 1.44. The van der Waals surface area contributed by atoms with Crippen LogP contribution in [-0.4, -0.2) is 17.5 Å². The van der Waals surface area contributed by atoms with Crippen molar-refractivity contribution in [1.29, 1.82) is 5.26 Å². The van der Waals surface area contributed by atoms with Crippen LogP contribution in [0.25, 0.3) is 0 Å². The van der Waals surface area contributed by atoms with Gasteiger partial charge in [0.15, 0.2) is 11.5 Å². The summed E-state index contributed by atoms with van der Waals surface area (Å²) in [5, 5.41) is 21.0. The summed E-state index contributed by atoms with van der Waals surface area (Å²) in [5.41, 5.74) is 8.11. The number of ether oxygens (including phenoxy) is 4. The molecule has 0 amide bonds. The molecule has 1 unspecified atom stereocenters. The zero-order chi connectivity index (χ0) is 30.5. The summed E-state index contributed by atoms with van der Waals surface area (Å²) < 4.78 is 36.2. The summed E-state index contributed by atoms with van der Waals surface area (Å²) in [6, 6.07) is 23.2. The van der Waals surface area contributed by atoms with Crippen LogP contribution in [0.15, 0.2) is 96.4 Å². The molecule has 0 bridgehead atoms. The number of nitrogens with two attached hydrogens (primary N) is 1. The average molecular weight is 582 g/mol. The molecule has 0 aliphatic carbocycles. The highest BCUT2D eigenvalue weighted by Gasteiger charge is 2.32. The molecule has 11 heteroatoms. The summed E-state index contributed by atoms with van der Waals surface area (Å²) in [7, 11) is 0. The fraction of sp³-hybridized carbons (Fsp3) is 0.125. The Morgan fingerprint density at radius 3 is 2.56 bits per heavy atom. The van der Waals surface area contributed by atoms with Gasteiger partial charge in [0.1, 0.15) is 35.6 Å². The highest BCUT2D eigenvalue weighted by Crippen LogP contribution is 2.45. The van der Waals surface area contributed by atoms with Crippen molar-refractivity contribution in [3.05, 3.63) is 135 Å². The normalized spacial score (nSPS) is 13.7. The minimum atomic E-state index is -0.796. The first-order valence-electron chi connectivity index (χ1n) is 13.1. The second kappa shape index (κ2) is 12.3. The SMILES string of the molecule is CCOc1cc(C2C(C#N)=C(N)Oc3cc(OC(=O)c4cccc([N+](=O)[O-])c4)ccc32)ccc1OCc1ccc(F)cc1. The number of benzene rings is 4. The third-order valence-electron chi connectivity index (χ3n) is 6.60. The predicted molar refractivity (Wildman–Crippen MR) is 152 cm³/mol. The highest BCUT2D eigenvalue weighted by molar-refractivity contribution is 5.91. The van der Waals surface area contributed by atoms with E-state index in [9.17, 15) is 24.6 Å². The van der Waals surface area contributed by atoms with Crippen molar-refractivity contribution in [2.24, 2.45) is 5.73 Å². The number of carbonyl (C=O) groups is 1. The molecule has 0 saturated carbocycles. The second-order valence-electron chi connectivity index (χ2n) is 9.38. The molecule has 10 nitrogen and oxygen atoms in total. The van der Waals surface area contributed by atoms with E-state index in [1.165, 1.54) is 42.5 Å². The van der Waals surface area contributed by atoms with Gasteiger partial charge in [0.2, 0.25) is 5.88 Å². The van der Waals surface area contributed by atoms with Gasteiger partial charge in [-0.05, 0) is 54.4 Å². The van der Waals surface area contributed by atoms with E-state index in [-0.39, 0.29) is 46.6 Å². The summed E-state index contributed by atoms with van der Waals surface area (Å²) in [4.78, 5) is 23.2. The Morgan fingerprint density at radius 1 is 1.05 bits per heavy atom. The number of nitro groups is 1. The van der Waals surface area contributed by atoms with E-state index in [2.05, 4.69) is 6.07 Å². The van der Waals surface area contributed by atoms with Gasteiger partial charge < -0.3 is 24.7 Å². The third kappa shape index (κ3) is 6.23. The van der Waals surface area contributed by atoms with Gasteiger partial charge >= 0.3 is 5.97 Å². The summed E-state index contributed by atoms with van der Waals surface area (Å²) in [5.74, 6) is -0.614. The molecule has 0 aromatic heterocycles. The van der Waals surface area contributed by atoms with Crippen LogP contribution in [0, 0.1) is 27.3 Å². The van der Waals surface area contributed by atoms with Crippen LogP contribution in [-0.2, 0) is 6.61 Å². The minimum absolute atomic E-state index is 0.00193. The van der Waals surface area contributed by atoms with Crippen molar-refractivity contribution >= 4 is 11.7 Å². The molecule has 0 radical (unpaired) electrons. The molecule has 0 fully saturated rings. The molecule has 4 aromatic carbocycles. The second-order valence-corrected chi connectivity index (χ2v) is 9.38. The number of carbonyl (C=O) groups excluding carboxylic acids is 1. The zero-order valence-electron chi connectivity index (χ0n) is 22.8. The van der Waals surface area contributed by atoms with Gasteiger partial charge in [0.25, 0.3) is 5.69 Å². The monoisotopic (exact) mass is 581 g/mol. The maximum Gasteiger partial charge on any atom is 0.343 e. The van der Waals surface area contributed by atoms with Crippen LogP contribution >= 0.6 is 0 Å². The van der Waals surface area contributed by atoms with Gasteiger partial charge in [-0.2, -0.15) is 5.26 Å². The first kappa shape index (κ1) is 28.6. The maximum absolute atomic E-state index is 13.3. The van der Waals surface area contributed by atoms with Crippen LogP contribution in [0.1, 0.15) is 39.9 Å². The smallest absolute Gasteiger partial charge is 0.343 e. The number of non-ortho nitro benzene ring substituents is 1. The van der Waals surface area contributed by atoms with Gasteiger partial charge in [-0.3, -0.25) is 10.1 Å². The van der Waals surface area contributed by atoms with Gasteiger partial charge in [-0.15, -0.1) is 0 Å². The Kier molecular flexibility index (Phi) is 8.20. The molecule has 4 aromatic rings. The van der Waals surface area contributed by atoms with Crippen molar-refractivity contribution in [1.82, 2.24) is 0 Å². The molecule has 1 aliphatic heterocycles. The summed E-state index contributed by atoms with van der Waals surface area (Å²) >= 11 is 0. The van der Waals surface area contributed by atoms with E-state index < -0.39 is 16.8 Å². The van der Waals surface area contributed by atoms with Crippen LogP contribution in [0.4, 0.5) is 10.1 Å². The molecule has 1 aliphatic rings. The average Bonchev–Trinajstić information content (AvgIpc) is 3.00. The first-order valence-corrected chi connectivity index (χ1v) is 13.1. The molecule has 5 rings (SSSR count). The Morgan fingerprint density at radius 2 is 1.84 bits per heavy atom. The molecule has 43 heavy (non-hydrogen) atoms. The number of fused-ring (bicyclic) bond motifs is 1. The van der Waals surface area contributed by atoms with Gasteiger partial charge in [0.05, 0.1) is 23.0 Å². The van der Waals surface area contributed by atoms with Crippen LogP contribution in [0.2, 0.25) is 0 Å². The Labute approximate surface area is 245 Å². The van der Waals surface area contributed by atoms with Crippen molar-refractivity contribution in [3.63, 3.8) is 0 Å². The molecule has 1 heterocycles. The Hall–Kier alpha value is -5.89. The number of nitriles is 1. The Bertz CT molecular complexity index is 1780. The van der Waals surface area contributed by atoms with Gasteiger partial charge in [-0.25, -0.2) is 9.18 Å². The summed E-state index contributed by atoms with van der Waals surface area (Å²) in [6.07, 6.45) is 0. The fourth-order valence-corrected chi connectivity index (χ4v) is 4.59. The number of nitro benzene ring substituents is 1. The van der Waals surface area contributed by atoms with Crippen LogP contribution in [0.3, 0.4) is 0 Å². The van der Waals surface area contributed by atoms with E-state index in [4.69, 9.17) is 24.7 Å². The lowest BCUT2D eigenvalue weighted by Crippen LogP contribution is -2.21. The van der Waals surface area contributed by atoms with Crippen LogP contribution < -0.4 is 24.7 Å². The lowest BCUT2D eigenvalue weighted by molar-refractivity contribution is -0.384. The third-order valence-corrected chi connectivity index (χ3v) is 6.60. The van der Waals surface area contributed by atoms with E-state index in [1.54, 1.807) is 36.4 Å². The van der Waals surface area contributed by atoms with E-state index in [0.717, 1.165) is 11.6 Å². The number of nitrogens with zero attached hydrogens (tertiary/aromatic N) is 2. The molecular weight excluding hydrogens is 557 g/mol. The largest absolute Gasteiger partial charge is 0.490 e. The highest BCUT2D eigenvalue weighted by atomic mass is 19.1. The maximum atomic E-state index is 13.3. The fourth-order valence-electron chi connectivity index (χ4n) is 4.59. The van der Waals surface area contributed by atoms with E-state index >= 15 is 0 Å². The molecule has 216 valence electrons. The number of hydrogen-bond acceptors (Lipinski definition) is 9. The number of allylic oxidation sites excluding steroid dienone is 1. The number of halogens is 1. The van der Waals surface area contributed by atoms with Crippen molar-refractivity contribution in [2.75, 3.05) is 6.61 Å². The van der Waals surface area contributed by atoms with Gasteiger partial charge in [-0.1, -0.05) is 30.3 Å². The van der Waals surface area contributed by atoms with Crippen molar-refractivity contribution < 1.29 is 33.1 Å².